The van der Waals surface area contributed by atoms with Crippen molar-refractivity contribution >= 4 is 18.1 Å². The molecule has 0 aliphatic rings. The third kappa shape index (κ3) is 3.47. The molecule has 1 aromatic carbocycles. The van der Waals surface area contributed by atoms with Crippen LogP contribution in [0.4, 0.5) is 4.79 Å². The monoisotopic (exact) mass is 405 g/mol. The molecule has 0 aliphatic carbocycles. The molecular weight excluding hydrogens is 399 g/mol. The van der Waals surface area contributed by atoms with Gasteiger partial charge in [-0.2, -0.15) is 0 Å². The van der Waals surface area contributed by atoms with Crippen LogP contribution in [0.1, 0.15) is 20.7 Å². The topological polar surface area (TPSA) is 101 Å². The number of esters is 1. The summed E-state index contributed by atoms with van der Waals surface area (Å²) in [4.78, 5) is 31.8. The van der Waals surface area contributed by atoms with Crippen LogP contribution in [0.25, 0.3) is 0 Å². The van der Waals surface area contributed by atoms with E-state index in [1.54, 1.807) is 0 Å². The quantitative estimate of drug-likeness (QED) is 0.567. The van der Waals surface area contributed by atoms with Crippen molar-refractivity contribution in [2.75, 3.05) is 0 Å². The normalized spacial score (nSPS) is 8.75. The van der Waals surface area contributed by atoms with Gasteiger partial charge in [0, 0.05) is 21.1 Å². The van der Waals surface area contributed by atoms with Crippen molar-refractivity contribution in [2.45, 2.75) is 0 Å². The summed E-state index contributed by atoms with van der Waals surface area (Å²) in [5, 5.41) is 16.9. The van der Waals surface area contributed by atoms with E-state index in [9.17, 15) is 14.4 Å². The van der Waals surface area contributed by atoms with Crippen LogP contribution < -0.4 is 0 Å². The number of benzene rings is 1. The molecule has 0 bridgehead atoms. The molecule has 0 saturated heterocycles. The number of carbonyl (C=O) groups excluding carboxylic acids is 1. The molecule has 0 unspecified atom stereocenters. The van der Waals surface area contributed by atoms with Gasteiger partial charge in [0.25, 0.3) is 0 Å². The van der Waals surface area contributed by atoms with Gasteiger partial charge in [-0.15, -0.1) is 0 Å². The molecule has 0 heterocycles. The molecule has 1 aromatic rings. The minimum Gasteiger partial charge on any atom is -0.478 e. The van der Waals surface area contributed by atoms with Gasteiger partial charge in [-0.3, -0.25) is 0 Å². The van der Waals surface area contributed by atoms with Crippen molar-refractivity contribution in [3.8, 4) is 0 Å². The number of carbonyl (C=O) groups is 3. The van der Waals surface area contributed by atoms with Crippen molar-refractivity contribution in [3.63, 3.8) is 0 Å². The molecule has 6 nitrogen and oxygen atoms in total. The van der Waals surface area contributed by atoms with Crippen LogP contribution in [0.3, 0.4) is 0 Å². The Bertz CT molecular complexity index is 428. The Hall–Kier alpha value is -1.68. The molecule has 88 valence electrons. The third-order valence-electron chi connectivity index (χ3n) is 1.56. The van der Waals surface area contributed by atoms with Crippen LogP contribution >= 0.6 is 0 Å². The zero-order chi connectivity index (χ0) is 11.4. The van der Waals surface area contributed by atoms with Crippen LogP contribution in [-0.2, 0) is 25.8 Å². The summed E-state index contributed by atoms with van der Waals surface area (Å²) in [5.41, 5.74) is -0.601. The van der Waals surface area contributed by atoms with E-state index in [0.29, 0.717) is 0 Å². The molecule has 7 heteroatoms. The van der Waals surface area contributed by atoms with Crippen LogP contribution in [0.5, 0.6) is 0 Å². The molecule has 0 aromatic heterocycles. The molecular formula is C9H6O6Pt. The van der Waals surface area contributed by atoms with Crippen LogP contribution in [0.2, 0.25) is 0 Å². The number of ether oxygens (including phenoxy) is 1. The Labute approximate surface area is 104 Å². The maximum Gasteiger partial charge on any atom is 0.513 e. The minimum atomic E-state index is -1.78. The van der Waals surface area contributed by atoms with Gasteiger partial charge in [-0.25, -0.2) is 14.4 Å². The molecule has 0 amide bonds. The Kier molecular flexibility index (Phi) is 5.39. The van der Waals surface area contributed by atoms with Crippen molar-refractivity contribution in [1.29, 1.82) is 0 Å². The maximum atomic E-state index is 11.1. The second-order valence-electron chi connectivity index (χ2n) is 2.51. The van der Waals surface area contributed by atoms with E-state index in [-0.39, 0.29) is 32.2 Å². The number of hydrogen-bond acceptors (Lipinski definition) is 4. The summed E-state index contributed by atoms with van der Waals surface area (Å²) < 4.78 is 3.84. The van der Waals surface area contributed by atoms with Crippen LogP contribution in [0, 0.1) is 0 Å². The number of aromatic carboxylic acids is 1. The minimum absolute atomic E-state index is 0. The first-order chi connectivity index (χ1) is 7.02. The summed E-state index contributed by atoms with van der Waals surface area (Å²) in [6.07, 6.45) is -1.78. The standard InChI is InChI=1S/C9H6O6.Pt/c10-7(11)5-3-1-2-4-6(5)8(12)15-9(13)14;/h1-4H,(H,10,11)(H,13,14);. The molecule has 0 aliphatic heterocycles. The first-order valence-electron chi connectivity index (χ1n) is 3.80. The van der Waals surface area contributed by atoms with Crippen LogP contribution in [0.15, 0.2) is 24.3 Å². The van der Waals surface area contributed by atoms with Crippen molar-refractivity contribution in [1.82, 2.24) is 0 Å². The summed E-state index contributed by atoms with van der Waals surface area (Å²) in [6, 6.07) is 5.18. The maximum absolute atomic E-state index is 11.1. The van der Waals surface area contributed by atoms with Gasteiger partial charge >= 0.3 is 18.1 Å². The Morgan fingerprint density at radius 1 is 1.00 bits per heavy atom. The molecule has 0 atom stereocenters. The molecule has 0 saturated carbocycles. The Balaban J connectivity index is 0.00000225. The average Bonchev–Trinajstić information content (AvgIpc) is 2.16. The smallest absolute Gasteiger partial charge is 0.478 e. The van der Waals surface area contributed by atoms with E-state index in [1.165, 1.54) is 24.3 Å². The summed E-state index contributed by atoms with van der Waals surface area (Å²) in [5.74, 6) is -2.53. The van der Waals surface area contributed by atoms with Gasteiger partial charge in [0.2, 0.25) is 0 Å². The van der Waals surface area contributed by atoms with E-state index in [1.807, 2.05) is 0 Å². The third-order valence-corrected chi connectivity index (χ3v) is 1.56. The van der Waals surface area contributed by atoms with E-state index in [4.69, 9.17) is 10.2 Å². The average molecular weight is 405 g/mol. The second-order valence-corrected chi connectivity index (χ2v) is 2.51. The second kappa shape index (κ2) is 6.02. The molecule has 16 heavy (non-hydrogen) atoms. The van der Waals surface area contributed by atoms with E-state index in [2.05, 4.69) is 4.74 Å². The van der Waals surface area contributed by atoms with Crippen molar-refractivity contribution in [3.05, 3.63) is 35.4 Å². The largest absolute Gasteiger partial charge is 0.513 e. The predicted molar refractivity (Wildman–Crippen MR) is 46.8 cm³/mol. The Morgan fingerprint density at radius 3 is 1.94 bits per heavy atom. The van der Waals surface area contributed by atoms with Gasteiger partial charge in [0.15, 0.2) is 0 Å². The molecule has 1 rings (SSSR count). The van der Waals surface area contributed by atoms with Gasteiger partial charge in [0.05, 0.1) is 11.1 Å². The molecule has 0 fully saturated rings. The molecule has 0 radical (unpaired) electrons. The molecule has 2 N–H and O–H groups in total. The number of carboxylic acid groups (broad SMARTS) is 2. The number of carboxylic acids is 1. The van der Waals surface area contributed by atoms with Gasteiger partial charge < -0.3 is 14.9 Å². The fourth-order valence-corrected chi connectivity index (χ4v) is 0.982. The first kappa shape index (κ1) is 14.3. The first-order valence-corrected chi connectivity index (χ1v) is 3.80. The van der Waals surface area contributed by atoms with Crippen molar-refractivity contribution < 1.29 is 50.4 Å². The van der Waals surface area contributed by atoms with Gasteiger partial charge in [-0.1, -0.05) is 12.1 Å². The van der Waals surface area contributed by atoms with Crippen molar-refractivity contribution in [2.24, 2.45) is 0 Å². The van der Waals surface area contributed by atoms with Gasteiger partial charge in [-0.05, 0) is 12.1 Å². The summed E-state index contributed by atoms with van der Waals surface area (Å²) in [7, 11) is 0. The van der Waals surface area contributed by atoms with Gasteiger partial charge in [0.1, 0.15) is 0 Å². The SMILES string of the molecule is O=C(O)OC(=O)c1ccccc1C(=O)O.[Pt]. The Morgan fingerprint density at radius 2 is 1.50 bits per heavy atom. The van der Waals surface area contributed by atoms with E-state index in [0.717, 1.165) is 0 Å². The summed E-state index contributed by atoms with van der Waals surface area (Å²) >= 11 is 0. The zero-order valence-electron chi connectivity index (χ0n) is 7.65. The van der Waals surface area contributed by atoms with E-state index >= 15 is 0 Å². The van der Waals surface area contributed by atoms with E-state index < -0.39 is 18.1 Å². The van der Waals surface area contributed by atoms with Crippen LogP contribution in [-0.4, -0.2) is 28.3 Å². The predicted octanol–water partition coefficient (Wildman–Crippen LogP) is 1.22. The molecule has 0 spiro atoms. The summed E-state index contributed by atoms with van der Waals surface area (Å²) in [6.45, 7) is 0. The number of hydrogen-bond donors (Lipinski definition) is 2. The zero-order valence-corrected chi connectivity index (χ0v) is 9.93. The fourth-order valence-electron chi connectivity index (χ4n) is 0.982. The fraction of sp³-hybridized carbons (Fsp3) is 0. The number of rotatable bonds is 2.